The van der Waals surface area contributed by atoms with E-state index in [0.29, 0.717) is 16.7 Å². The number of aryl methyl sites for hydroxylation is 1. The summed E-state index contributed by atoms with van der Waals surface area (Å²) in [5.41, 5.74) is 1.40. The van der Waals surface area contributed by atoms with Crippen molar-refractivity contribution >= 4 is 11.6 Å². The molecular weight excluding hydrogens is 424 g/mol. The highest BCUT2D eigenvalue weighted by atomic mass is 16.7. The van der Waals surface area contributed by atoms with Gasteiger partial charge in [0, 0.05) is 16.7 Å². The van der Waals surface area contributed by atoms with Crippen molar-refractivity contribution in [1.29, 1.82) is 0 Å². The van der Waals surface area contributed by atoms with E-state index >= 15 is 0 Å². The molecule has 1 aliphatic heterocycles. The molecule has 0 saturated carbocycles. The molecule has 0 amide bonds. The van der Waals surface area contributed by atoms with E-state index in [1.165, 1.54) is 0 Å². The number of rotatable bonds is 6. The Morgan fingerprint density at radius 3 is 1.59 bits per heavy atom. The van der Waals surface area contributed by atoms with Crippen LogP contribution < -0.4 is 0 Å². The molecule has 1 fully saturated rings. The van der Waals surface area contributed by atoms with E-state index in [9.17, 15) is 9.59 Å². The standard InChI is InChI=1S/C30H24O4/c1-21-17-19-24(20-18-21)28-30(26(31)22-11-5-2-6-12-22,27(32)23-13-7-3-8-14-23)34-29(33-28)25-15-9-4-10-16-25/h2-20,28-29H,1H3/t28-,29-/m1/s1. The number of hydrogen-bond donors (Lipinski definition) is 0. The van der Waals surface area contributed by atoms with Gasteiger partial charge in [-0.1, -0.05) is 121 Å². The molecule has 0 bridgehead atoms. The molecule has 168 valence electrons. The van der Waals surface area contributed by atoms with Crippen LogP contribution in [0.2, 0.25) is 0 Å². The van der Waals surface area contributed by atoms with Crippen LogP contribution in [0, 0.1) is 6.92 Å². The summed E-state index contributed by atoms with van der Waals surface area (Å²) in [6.07, 6.45) is -1.81. The first-order valence-corrected chi connectivity index (χ1v) is 11.2. The van der Waals surface area contributed by atoms with Crippen LogP contribution in [-0.2, 0) is 9.47 Å². The third kappa shape index (κ3) is 3.87. The molecular formula is C30H24O4. The summed E-state index contributed by atoms with van der Waals surface area (Å²) < 4.78 is 12.9. The first-order valence-electron chi connectivity index (χ1n) is 11.2. The smallest absolute Gasteiger partial charge is 0.226 e. The molecule has 1 saturated heterocycles. The molecule has 4 heteroatoms. The SMILES string of the molecule is Cc1ccc([C@H]2O[C@@H](c3ccccc3)OC2(C(=O)c2ccccc2)C(=O)c2ccccc2)cc1. The predicted molar refractivity (Wildman–Crippen MR) is 130 cm³/mol. The fourth-order valence-corrected chi connectivity index (χ4v) is 4.35. The maximum atomic E-state index is 14.2. The Morgan fingerprint density at radius 1 is 0.618 bits per heavy atom. The fourth-order valence-electron chi connectivity index (χ4n) is 4.35. The second-order valence-corrected chi connectivity index (χ2v) is 8.41. The number of carbonyl (C=O) groups excluding carboxylic acids is 2. The second kappa shape index (κ2) is 9.18. The molecule has 2 atom stereocenters. The van der Waals surface area contributed by atoms with Crippen molar-refractivity contribution in [3.63, 3.8) is 0 Å². The maximum Gasteiger partial charge on any atom is 0.226 e. The normalized spacial score (nSPS) is 19.0. The van der Waals surface area contributed by atoms with E-state index in [2.05, 4.69) is 0 Å². The Bertz CT molecular complexity index is 1230. The lowest BCUT2D eigenvalue weighted by Gasteiger charge is -2.30. The number of Topliss-reactive ketones (excluding diaryl/α,β-unsaturated/α-hetero) is 2. The lowest BCUT2D eigenvalue weighted by Crippen LogP contribution is -2.50. The van der Waals surface area contributed by atoms with Gasteiger partial charge < -0.3 is 9.47 Å². The van der Waals surface area contributed by atoms with Crippen molar-refractivity contribution in [2.24, 2.45) is 0 Å². The topological polar surface area (TPSA) is 52.6 Å². The molecule has 0 aliphatic carbocycles. The van der Waals surface area contributed by atoms with E-state index in [1.807, 2.05) is 73.7 Å². The first-order chi connectivity index (χ1) is 16.6. The van der Waals surface area contributed by atoms with Crippen LogP contribution in [0.15, 0.2) is 115 Å². The minimum absolute atomic E-state index is 0.390. The molecule has 4 aromatic carbocycles. The van der Waals surface area contributed by atoms with Gasteiger partial charge in [0.1, 0.15) is 6.10 Å². The van der Waals surface area contributed by atoms with Gasteiger partial charge in [-0.15, -0.1) is 0 Å². The van der Waals surface area contributed by atoms with Crippen LogP contribution in [0.4, 0.5) is 0 Å². The summed E-state index contributed by atoms with van der Waals surface area (Å²) in [6.45, 7) is 1.99. The molecule has 0 aromatic heterocycles. The van der Waals surface area contributed by atoms with Crippen LogP contribution in [0.25, 0.3) is 0 Å². The zero-order chi connectivity index (χ0) is 23.5. The number of ketones is 2. The summed E-state index contributed by atoms with van der Waals surface area (Å²) in [5.74, 6) is -0.850. The van der Waals surface area contributed by atoms with E-state index in [1.54, 1.807) is 48.5 Å². The summed E-state index contributed by atoms with van der Waals surface area (Å²) >= 11 is 0. The van der Waals surface area contributed by atoms with Crippen LogP contribution in [0.1, 0.15) is 49.8 Å². The number of hydrogen-bond acceptors (Lipinski definition) is 4. The van der Waals surface area contributed by atoms with Gasteiger partial charge >= 0.3 is 0 Å². The van der Waals surface area contributed by atoms with Crippen LogP contribution >= 0.6 is 0 Å². The van der Waals surface area contributed by atoms with Crippen molar-refractivity contribution in [3.8, 4) is 0 Å². The Balaban J connectivity index is 1.72. The minimum Gasteiger partial charge on any atom is -0.336 e. The molecule has 1 heterocycles. The highest BCUT2D eigenvalue weighted by Gasteiger charge is 2.61. The van der Waals surface area contributed by atoms with Gasteiger partial charge in [0.25, 0.3) is 0 Å². The minimum atomic E-state index is -1.89. The largest absolute Gasteiger partial charge is 0.336 e. The monoisotopic (exact) mass is 448 g/mol. The summed E-state index contributed by atoms with van der Waals surface area (Å²) in [4.78, 5) is 28.4. The Morgan fingerprint density at radius 2 is 1.09 bits per heavy atom. The maximum absolute atomic E-state index is 14.2. The zero-order valence-corrected chi connectivity index (χ0v) is 18.8. The van der Waals surface area contributed by atoms with E-state index in [4.69, 9.17) is 9.47 Å². The average molecular weight is 449 g/mol. The van der Waals surface area contributed by atoms with Crippen LogP contribution in [0.3, 0.4) is 0 Å². The van der Waals surface area contributed by atoms with Crippen molar-refractivity contribution in [1.82, 2.24) is 0 Å². The predicted octanol–water partition coefficient (Wildman–Crippen LogP) is 6.29. The van der Waals surface area contributed by atoms with Gasteiger partial charge in [-0.05, 0) is 12.5 Å². The van der Waals surface area contributed by atoms with Gasteiger partial charge in [0.2, 0.25) is 17.2 Å². The highest BCUT2D eigenvalue weighted by molar-refractivity contribution is 6.23. The second-order valence-electron chi connectivity index (χ2n) is 8.41. The molecule has 0 spiro atoms. The van der Waals surface area contributed by atoms with Gasteiger partial charge in [-0.2, -0.15) is 0 Å². The Kier molecular flexibility index (Phi) is 5.93. The molecule has 1 aliphatic rings. The Hall–Kier alpha value is -3.86. The molecule has 4 nitrogen and oxygen atoms in total. The van der Waals surface area contributed by atoms with E-state index in [-0.39, 0.29) is 0 Å². The quantitative estimate of drug-likeness (QED) is 0.257. The summed E-state index contributed by atoms with van der Waals surface area (Å²) in [7, 11) is 0. The van der Waals surface area contributed by atoms with E-state index < -0.39 is 29.6 Å². The fraction of sp³-hybridized carbons (Fsp3) is 0.133. The van der Waals surface area contributed by atoms with Crippen LogP contribution in [0.5, 0.6) is 0 Å². The highest BCUT2D eigenvalue weighted by Crippen LogP contribution is 2.50. The third-order valence-corrected chi connectivity index (χ3v) is 6.12. The summed E-state index contributed by atoms with van der Waals surface area (Å²) in [6, 6.07) is 34.6. The molecule has 5 rings (SSSR count). The molecule has 4 aromatic rings. The zero-order valence-electron chi connectivity index (χ0n) is 18.8. The molecule has 0 unspecified atom stereocenters. The molecule has 0 N–H and O–H groups in total. The number of carbonyl (C=O) groups is 2. The van der Waals surface area contributed by atoms with Gasteiger partial charge in [0.15, 0.2) is 6.29 Å². The Labute approximate surface area is 198 Å². The average Bonchev–Trinajstić information content (AvgIpc) is 3.31. The van der Waals surface area contributed by atoms with Crippen molar-refractivity contribution in [3.05, 3.63) is 143 Å². The molecule has 0 radical (unpaired) electrons. The van der Waals surface area contributed by atoms with Crippen LogP contribution in [-0.4, -0.2) is 17.2 Å². The number of benzene rings is 4. The van der Waals surface area contributed by atoms with Crippen molar-refractivity contribution in [2.45, 2.75) is 24.9 Å². The molecule has 34 heavy (non-hydrogen) atoms. The third-order valence-electron chi connectivity index (χ3n) is 6.12. The first kappa shape index (κ1) is 22.0. The van der Waals surface area contributed by atoms with Gasteiger partial charge in [-0.3, -0.25) is 9.59 Å². The number of ether oxygens (including phenoxy) is 2. The lowest BCUT2D eigenvalue weighted by molar-refractivity contribution is -0.0768. The van der Waals surface area contributed by atoms with Gasteiger partial charge in [-0.25, -0.2) is 0 Å². The summed E-state index contributed by atoms with van der Waals surface area (Å²) in [5, 5.41) is 0. The van der Waals surface area contributed by atoms with Crippen molar-refractivity contribution < 1.29 is 19.1 Å². The van der Waals surface area contributed by atoms with Crippen molar-refractivity contribution in [2.75, 3.05) is 0 Å². The van der Waals surface area contributed by atoms with E-state index in [0.717, 1.165) is 11.1 Å². The van der Waals surface area contributed by atoms with Gasteiger partial charge in [0.05, 0.1) is 0 Å². The lowest BCUT2D eigenvalue weighted by atomic mass is 9.78.